The first-order valence-electron chi connectivity index (χ1n) is 5.62. The lowest BCUT2D eigenvalue weighted by atomic mass is 10.1. The molecule has 6 heteroatoms. The van der Waals surface area contributed by atoms with Crippen LogP contribution in [0.4, 0.5) is 0 Å². The average molecular weight is 224 g/mol. The Morgan fingerprint density at radius 2 is 2.56 bits per heavy atom. The van der Waals surface area contributed by atoms with Gasteiger partial charge < -0.3 is 10.1 Å². The summed E-state index contributed by atoms with van der Waals surface area (Å²) in [6, 6.07) is 0. The molecule has 0 radical (unpaired) electrons. The minimum absolute atomic E-state index is 0.190. The Labute approximate surface area is 93.8 Å². The van der Waals surface area contributed by atoms with Crippen LogP contribution in [0.5, 0.6) is 0 Å². The van der Waals surface area contributed by atoms with Crippen LogP contribution in [-0.4, -0.2) is 40.6 Å². The molecule has 0 aliphatic carbocycles. The van der Waals surface area contributed by atoms with Gasteiger partial charge in [-0.3, -0.25) is 4.79 Å². The van der Waals surface area contributed by atoms with E-state index in [0.717, 1.165) is 25.9 Å². The lowest BCUT2D eigenvalue weighted by Crippen LogP contribution is -2.29. The third-order valence-electron chi connectivity index (χ3n) is 2.67. The van der Waals surface area contributed by atoms with Crippen LogP contribution in [0.2, 0.25) is 0 Å². The topological polar surface area (TPSA) is 79.9 Å². The van der Waals surface area contributed by atoms with Crippen molar-refractivity contribution < 1.29 is 9.53 Å². The highest BCUT2D eigenvalue weighted by Crippen LogP contribution is 2.14. The Morgan fingerprint density at radius 3 is 3.25 bits per heavy atom. The number of hydrogen-bond acceptors (Lipinski definition) is 4. The molecule has 88 valence electrons. The lowest BCUT2D eigenvalue weighted by Gasteiger charge is -2.22. The average Bonchev–Trinajstić information content (AvgIpc) is 2.84. The van der Waals surface area contributed by atoms with Crippen molar-refractivity contribution in [2.75, 3.05) is 13.2 Å². The maximum absolute atomic E-state index is 11.5. The van der Waals surface area contributed by atoms with Crippen LogP contribution < -0.4 is 5.32 Å². The maximum atomic E-state index is 11.5. The Hall–Kier alpha value is -1.43. The number of aromatic nitrogens is 3. The van der Waals surface area contributed by atoms with Crippen molar-refractivity contribution in [2.24, 2.45) is 0 Å². The molecule has 1 aliphatic rings. The van der Waals surface area contributed by atoms with Crippen LogP contribution in [0.15, 0.2) is 6.20 Å². The number of aromatic amines is 1. The molecule has 2 N–H and O–H groups in total. The van der Waals surface area contributed by atoms with Crippen LogP contribution in [0.3, 0.4) is 0 Å². The monoisotopic (exact) mass is 224 g/mol. The lowest BCUT2D eigenvalue weighted by molar-refractivity contribution is 0.0117. The number of nitrogens with one attached hydrogen (secondary N) is 2. The number of nitrogens with zero attached hydrogens (tertiary/aromatic N) is 2. The predicted octanol–water partition coefficient (Wildman–Crippen LogP) is 0.494. The fraction of sp³-hybridized carbons (Fsp3) is 0.700. The van der Waals surface area contributed by atoms with E-state index in [9.17, 15) is 4.79 Å². The van der Waals surface area contributed by atoms with E-state index in [2.05, 4.69) is 20.7 Å². The highest BCUT2D eigenvalue weighted by atomic mass is 16.5. The fourth-order valence-electron chi connectivity index (χ4n) is 1.78. The van der Waals surface area contributed by atoms with Gasteiger partial charge in [-0.25, -0.2) is 0 Å². The van der Waals surface area contributed by atoms with Gasteiger partial charge in [0, 0.05) is 13.2 Å². The predicted molar refractivity (Wildman–Crippen MR) is 56.9 cm³/mol. The molecule has 2 rings (SSSR count). The minimum atomic E-state index is -0.190. The van der Waals surface area contributed by atoms with Gasteiger partial charge in [0.2, 0.25) is 0 Å². The molecule has 1 atom stereocenters. The molecule has 0 bridgehead atoms. The van der Waals surface area contributed by atoms with Crippen molar-refractivity contribution in [3.8, 4) is 0 Å². The van der Waals surface area contributed by atoms with Crippen molar-refractivity contribution in [1.82, 2.24) is 20.7 Å². The SMILES string of the molecule is O=C(NCCC1CCCCO1)c1cn[nH]n1. The van der Waals surface area contributed by atoms with Gasteiger partial charge in [-0.1, -0.05) is 0 Å². The van der Waals surface area contributed by atoms with Crippen molar-refractivity contribution in [3.63, 3.8) is 0 Å². The number of rotatable bonds is 4. The Balaban J connectivity index is 1.66. The summed E-state index contributed by atoms with van der Waals surface area (Å²) < 4.78 is 5.57. The standard InChI is InChI=1S/C10H16N4O2/c15-10(9-7-12-14-13-9)11-5-4-8-3-1-2-6-16-8/h7-8H,1-6H2,(H,11,15)(H,12,13,14). The molecule has 0 saturated carbocycles. The zero-order valence-corrected chi connectivity index (χ0v) is 9.11. The van der Waals surface area contributed by atoms with Gasteiger partial charge >= 0.3 is 0 Å². The summed E-state index contributed by atoms with van der Waals surface area (Å²) in [6.45, 7) is 1.47. The number of amides is 1. The van der Waals surface area contributed by atoms with E-state index >= 15 is 0 Å². The number of carbonyl (C=O) groups excluding carboxylic acids is 1. The fourth-order valence-corrected chi connectivity index (χ4v) is 1.78. The minimum Gasteiger partial charge on any atom is -0.378 e. The van der Waals surface area contributed by atoms with Gasteiger partial charge in [0.05, 0.1) is 12.3 Å². The van der Waals surface area contributed by atoms with E-state index in [0.29, 0.717) is 18.3 Å². The van der Waals surface area contributed by atoms with Crippen LogP contribution in [0.1, 0.15) is 36.2 Å². The van der Waals surface area contributed by atoms with Gasteiger partial charge in [0.1, 0.15) is 0 Å². The zero-order chi connectivity index (χ0) is 11.2. The van der Waals surface area contributed by atoms with Gasteiger partial charge in [-0.15, -0.1) is 0 Å². The normalized spacial score (nSPS) is 20.6. The van der Waals surface area contributed by atoms with Gasteiger partial charge in [-0.05, 0) is 25.7 Å². The van der Waals surface area contributed by atoms with Crippen molar-refractivity contribution in [1.29, 1.82) is 0 Å². The maximum Gasteiger partial charge on any atom is 0.273 e. The van der Waals surface area contributed by atoms with Crippen LogP contribution >= 0.6 is 0 Å². The first kappa shape index (κ1) is 11.1. The van der Waals surface area contributed by atoms with Gasteiger partial charge in [0.25, 0.3) is 5.91 Å². The van der Waals surface area contributed by atoms with E-state index in [1.54, 1.807) is 0 Å². The van der Waals surface area contributed by atoms with Crippen LogP contribution in [-0.2, 0) is 4.74 Å². The number of hydrogen-bond donors (Lipinski definition) is 2. The summed E-state index contributed by atoms with van der Waals surface area (Å²) in [4.78, 5) is 11.5. The van der Waals surface area contributed by atoms with Gasteiger partial charge in [0.15, 0.2) is 5.69 Å². The second-order valence-corrected chi connectivity index (χ2v) is 3.89. The number of ether oxygens (including phenoxy) is 1. The molecular weight excluding hydrogens is 208 g/mol. The Bertz CT molecular complexity index is 320. The van der Waals surface area contributed by atoms with Crippen LogP contribution in [0.25, 0.3) is 0 Å². The zero-order valence-electron chi connectivity index (χ0n) is 9.11. The molecule has 6 nitrogen and oxygen atoms in total. The summed E-state index contributed by atoms with van der Waals surface area (Å²) in [6.07, 6.45) is 6.05. The van der Waals surface area contributed by atoms with E-state index in [4.69, 9.17) is 4.74 Å². The van der Waals surface area contributed by atoms with E-state index in [-0.39, 0.29) is 5.91 Å². The molecule has 0 aromatic carbocycles. The molecule has 1 aromatic heterocycles. The molecule has 0 spiro atoms. The third kappa shape index (κ3) is 3.03. The second-order valence-electron chi connectivity index (χ2n) is 3.89. The highest BCUT2D eigenvalue weighted by Gasteiger charge is 2.14. The van der Waals surface area contributed by atoms with Crippen molar-refractivity contribution in [2.45, 2.75) is 31.8 Å². The summed E-state index contributed by atoms with van der Waals surface area (Å²) in [7, 11) is 0. The first-order chi connectivity index (χ1) is 7.86. The van der Waals surface area contributed by atoms with E-state index in [1.165, 1.54) is 12.6 Å². The van der Waals surface area contributed by atoms with E-state index < -0.39 is 0 Å². The first-order valence-corrected chi connectivity index (χ1v) is 5.62. The molecule has 1 saturated heterocycles. The summed E-state index contributed by atoms with van der Waals surface area (Å²) in [5.41, 5.74) is 0.324. The number of carbonyl (C=O) groups is 1. The number of H-pyrrole nitrogens is 1. The van der Waals surface area contributed by atoms with Crippen LogP contribution in [0, 0.1) is 0 Å². The Kier molecular flexibility index (Phi) is 3.87. The molecule has 1 aromatic rings. The summed E-state index contributed by atoms with van der Waals surface area (Å²) >= 11 is 0. The quantitative estimate of drug-likeness (QED) is 0.780. The molecule has 1 amide bonds. The Morgan fingerprint density at radius 1 is 1.62 bits per heavy atom. The largest absolute Gasteiger partial charge is 0.378 e. The van der Waals surface area contributed by atoms with Crippen molar-refractivity contribution in [3.05, 3.63) is 11.9 Å². The highest BCUT2D eigenvalue weighted by molar-refractivity contribution is 5.91. The molecule has 16 heavy (non-hydrogen) atoms. The smallest absolute Gasteiger partial charge is 0.273 e. The van der Waals surface area contributed by atoms with E-state index in [1.807, 2.05) is 0 Å². The molecular formula is C10H16N4O2. The summed E-state index contributed by atoms with van der Waals surface area (Å²) in [5.74, 6) is -0.190. The van der Waals surface area contributed by atoms with Crippen molar-refractivity contribution >= 4 is 5.91 Å². The summed E-state index contributed by atoms with van der Waals surface area (Å²) in [5, 5.41) is 12.5. The molecule has 1 fully saturated rings. The molecule has 2 heterocycles. The molecule has 1 unspecified atom stereocenters. The third-order valence-corrected chi connectivity index (χ3v) is 2.67. The van der Waals surface area contributed by atoms with Gasteiger partial charge in [-0.2, -0.15) is 15.4 Å². The second kappa shape index (κ2) is 5.60. The molecule has 1 aliphatic heterocycles.